The lowest BCUT2D eigenvalue weighted by atomic mass is 9.98. The third-order valence-electron chi connectivity index (χ3n) is 6.77. The van der Waals surface area contributed by atoms with Crippen LogP contribution >= 0.6 is 0 Å². The highest BCUT2D eigenvalue weighted by Gasteiger charge is 2.49. The number of amidine groups is 1. The molecule has 1 fully saturated rings. The number of carbonyl (C=O) groups is 2. The number of esters is 1. The smallest absolute Gasteiger partial charge is 0.350 e. The Morgan fingerprint density at radius 2 is 1.67 bits per heavy atom. The van der Waals surface area contributed by atoms with Crippen molar-refractivity contribution in [3.8, 4) is 16.9 Å². The molecule has 1 saturated carbocycles. The average molecular weight is 491 g/mol. The van der Waals surface area contributed by atoms with Gasteiger partial charge in [0.25, 0.3) is 5.91 Å². The van der Waals surface area contributed by atoms with Crippen LogP contribution in [-0.4, -0.2) is 39.4 Å². The van der Waals surface area contributed by atoms with Crippen molar-refractivity contribution in [2.45, 2.75) is 96.9 Å². The van der Waals surface area contributed by atoms with Gasteiger partial charge in [-0.1, -0.05) is 56.2 Å². The van der Waals surface area contributed by atoms with Gasteiger partial charge in [0.2, 0.25) is 0 Å². The van der Waals surface area contributed by atoms with Crippen molar-refractivity contribution in [1.29, 1.82) is 0 Å². The summed E-state index contributed by atoms with van der Waals surface area (Å²) in [6.45, 7) is 11.6. The first kappa shape index (κ1) is 25.9. The molecule has 0 atom stereocenters. The molecule has 2 aromatic rings. The zero-order valence-electron chi connectivity index (χ0n) is 22.4. The lowest BCUT2D eigenvalue weighted by Gasteiger charge is -2.29. The molecule has 36 heavy (non-hydrogen) atoms. The highest BCUT2D eigenvalue weighted by molar-refractivity contribution is 6.08. The highest BCUT2D eigenvalue weighted by Crippen LogP contribution is 2.40. The lowest BCUT2D eigenvalue weighted by Crippen LogP contribution is -2.43. The standard InChI is InChI=1S/C30H38N2O4/c1-7-25-31-30(17-8-9-18-30)26(33)32(25)20-21-13-15-22(16-14-21)23-11-10-12-24(19-23)35-29(5,6)27(34)36-28(2,3)4/h10-16,19H,7-9,17-18,20H2,1-6H3. The summed E-state index contributed by atoms with van der Waals surface area (Å²) in [7, 11) is 0. The van der Waals surface area contributed by atoms with Crippen LogP contribution in [0.4, 0.5) is 0 Å². The predicted octanol–water partition coefficient (Wildman–Crippen LogP) is 6.32. The van der Waals surface area contributed by atoms with Crippen LogP contribution in [0, 0.1) is 0 Å². The minimum atomic E-state index is -1.12. The van der Waals surface area contributed by atoms with Gasteiger partial charge in [0, 0.05) is 6.42 Å². The molecule has 0 N–H and O–H groups in total. The Morgan fingerprint density at radius 1 is 1.00 bits per heavy atom. The topological polar surface area (TPSA) is 68.2 Å². The zero-order chi connectivity index (χ0) is 26.1. The Morgan fingerprint density at radius 3 is 2.28 bits per heavy atom. The van der Waals surface area contributed by atoms with E-state index in [2.05, 4.69) is 31.2 Å². The number of aliphatic imine (C=N–C) groups is 1. The van der Waals surface area contributed by atoms with Crippen molar-refractivity contribution in [2.75, 3.05) is 0 Å². The number of benzene rings is 2. The molecule has 6 nitrogen and oxygen atoms in total. The van der Waals surface area contributed by atoms with Gasteiger partial charge in [0.15, 0.2) is 5.60 Å². The van der Waals surface area contributed by atoms with E-state index >= 15 is 0 Å². The summed E-state index contributed by atoms with van der Waals surface area (Å²) in [6.07, 6.45) is 4.65. The van der Waals surface area contributed by atoms with E-state index in [1.807, 2.05) is 49.9 Å². The SMILES string of the molecule is CCC1=NC2(CCCC2)C(=O)N1Cc1ccc(-c2cccc(OC(C)(C)C(=O)OC(C)(C)C)c2)cc1. The minimum absolute atomic E-state index is 0.165. The van der Waals surface area contributed by atoms with Gasteiger partial charge in [-0.15, -0.1) is 0 Å². The van der Waals surface area contributed by atoms with Gasteiger partial charge in [-0.25, -0.2) is 4.79 Å². The Bertz CT molecular complexity index is 1150. The Kier molecular flexibility index (Phi) is 7.00. The van der Waals surface area contributed by atoms with Crippen LogP contribution in [-0.2, 0) is 20.9 Å². The molecule has 2 aliphatic rings. The summed E-state index contributed by atoms with van der Waals surface area (Å²) in [6, 6.07) is 15.9. The first-order valence-electron chi connectivity index (χ1n) is 12.9. The second-order valence-corrected chi connectivity index (χ2v) is 11.4. The second kappa shape index (κ2) is 9.72. The number of nitrogens with zero attached hydrogens (tertiary/aromatic N) is 2. The van der Waals surface area contributed by atoms with Gasteiger partial charge in [0.05, 0.1) is 6.54 Å². The van der Waals surface area contributed by atoms with E-state index in [0.29, 0.717) is 12.3 Å². The van der Waals surface area contributed by atoms with E-state index in [4.69, 9.17) is 14.5 Å². The number of hydrogen-bond donors (Lipinski definition) is 0. The van der Waals surface area contributed by atoms with Crippen LogP contribution in [0.3, 0.4) is 0 Å². The molecule has 1 aliphatic carbocycles. The van der Waals surface area contributed by atoms with Crippen molar-refractivity contribution >= 4 is 17.7 Å². The second-order valence-electron chi connectivity index (χ2n) is 11.4. The van der Waals surface area contributed by atoms with Crippen LogP contribution in [0.1, 0.15) is 79.2 Å². The molecule has 6 heteroatoms. The Balaban J connectivity index is 1.46. The number of rotatable bonds is 7. The summed E-state index contributed by atoms with van der Waals surface area (Å²) in [5.41, 5.74) is 0.886. The predicted molar refractivity (Wildman–Crippen MR) is 142 cm³/mol. The van der Waals surface area contributed by atoms with Gasteiger partial charge in [0.1, 0.15) is 22.7 Å². The average Bonchev–Trinajstić information content (AvgIpc) is 3.39. The number of ether oxygens (including phenoxy) is 2. The van der Waals surface area contributed by atoms with Gasteiger partial charge in [-0.05, 0) is 76.3 Å². The van der Waals surface area contributed by atoms with Crippen molar-refractivity contribution < 1.29 is 19.1 Å². The van der Waals surface area contributed by atoms with E-state index < -0.39 is 22.7 Å². The first-order chi connectivity index (χ1) is 16.9. The van der Waals surface area contributed by atoms with E-state index in [1.54, 1.807) is 13.8 Å². The summed E-state index contributed by atoms with van der Waals surface area (Å²) in [5.74, 6) is 1.26. The first-order valence-corrected chi connectivity index (χ1v) is 12.9. The molecule has 4 rings (SSSR count). The molecule has 1 heterocycles. The third kappa shape index (κ3) is 5.48. The molecule has 0 bridgehead atoms. The zero-order valence-corrected chi connectivity index (χ0v) is 22.4. The Hall–Kier alpha value is -3.15. The van der Waals surface area contributed by atoms with E-state index in [-0.39, 0.29) is 5.91 Å². The normalized spacial score (nSPS) is 17.4. The summed E-state index contributed by atoms with van der Waals surface area (Å²) >= 11 is 0. The van der Waals surface area contributed by atoms with E-state index in [9.17, 15) is 9.59 Å². The molecule has 1 spiro atoms. The van der Waals surface area contributed by atoms with Crippen LogP contribution < -0.4 is 4.74 Å². The van der Waals surface area contributed by atoms with Gasteiger partial charge in [-0.2, -0.15) is 0 Å². The number of hydrogen-bond acceptors (Lipinski definition) is 5. The van der Waals surface area contributed by atoms with Crippen molar-refractivity contribution in [3.05, 3.63) is 54.1 Å². The molecular weight excluding hydrogens is 452 g/mol. The number of amides is 1. The van der Waals surface area contributed by atoms with Crippen LogP contribution in [0.5, 0.6) is 5.75 Å². The molecule has 2 aromatic carbocycles. The summed E-state index contributed by atoms with van der Waals surface area (Å²) in [4.78, 5) is 32.6. The largest absolute Gasteiger partial charge is 0.476 e. The Labute approximate surface area is 214 Å². The van der Waals surface area contributed by atoms with Crippen LogP contribution in [0.2, 0.25) is 0 Å². The van der Waals surface area contributed by atoms with E-state index in [0.717, 1.165) is 54.6 Å². The maximum Gasteiger partial charge on any atom is 0.350 e. The molecule has 0 saturated heterocycles. The summed E-state index contributed by atoms with van der Waals surface area (Å²) < 4.78 is 11.5. The maximum absolute atomic E-state index is 13.2. The third-order valence-corrected chi connectivity index (χ3v) is 6.77. The number of carbonyl (C=O) groups excluding carboxylic acids is 2. The van der Waals surface area contributed by atoms with Crippen LogP contribution in [0.25, 0.3) is 11.1 Å². The molecule has 0 radical (unpaired) electrons. The maximum atomic E-state index is 13.2. The molecule has 1 amide bonds. The molecule has 0 aromatic heterocycles. The van der Waals surface area contributed by atoms with Gasteiger partial charge < -0.3 is 9.47 Å². The lowest BCUT2D eigenvalue weighted by molar-refractivity contribution is -0.170. The highest BCUT2D eigenvalue weighted by atomic mass is 16.6. The molecule has 1 aliphatic heterocycles. The van der Waals surface area contributed by atoms with Crippen LogP contribution in [0.15, 0.2) is 53.5 Å². The van der Waals surface area contributed by atoms with Crippen molar-refractivity contribution in [2.24, 2.45) is 4.99 Å². The monoisotopic (exact) mass is 490 g/mol. The fourth-order valence-corrected chi connectivity index (χ4v) is 4.90. The molecular formula is C30H38N2O4. The van der Waals surface area contributed by atoms with Gasteiger partial charge >= 0.3 is 5.97 Å². The fourth-order valence-electron chi connectivity index (χ4n) is 4.90. The van der Waals surface area contributed by atoms with Crippen molar-refractivity contribution in [3.63, 3.8) is 0 Å². The molecule has 0 unspecified atom stereocenters. The summed E-state index contributed by atoms with van der Waals surface area (Å²) in [5, 5.41) is 0. The molecule has 192 valence electrons. The van der Waals surface area contributed by atoms with E-state index in [1.165, 1.54) is 0 Å². The fraction of sp³-hybridized carbons (Fsp3) is 0.500. The minimum Gasteiger partial charge on any atom is -0.476 e. The quantitative estimate of drug-likeness (QED) is 0.426. The van der Waals surface area contributed by atoms with Gasteiger partial charge in [-0.3, -0.25) is 14.7 Å². The van der Waals surface area contributed by atoms with Crippen molar-refractivity contribution in [1.82, 2.24) is 4.90 Å².